The molecule has 1 aliphatic carbocycles. The highest BCUT2D eigenvalue weighted by Crippen LogP contribution is 2.44. The minimum absolute atomic E-state index is 0.339. The summed E-state index contributed by atoms with van der Waals surface area (Å²) in [6.45, 7) is 5.39. The van der Waals surface area contributed by atoms with Gasteiger partial charge < -0.3 is 9.69 Å². The molecule has 0 atom stereocenters. The number of Topliss-reactive ketones (excluding diaryl/α,β-unsaturated/α-hetero) is 1. The molecule has 2 heteroatoms. The first-order valence-electron chi connectivity index (χ1n) is 7.42. The molecular formula is C15H27NO. The van der Waals surface area contributed by atoms with Crippen LogP contribution in [0.25, 0.3) is 0 Å². The van der Waals surface area contributed by atoms with Gasteiger partial charge >= 0.3 is 0 Å². The molecule has 2 aliphatic rings. The lowest BCUT2D eigenvalue weighted by Gasteiger charge is -2.44. The third-order valence-corrected chi connectivity index (χ3v) is 4.83. The quantitative estimate of drug-likeness (QED) is 0.747. The van der Waals surface area contributed by atoms with E-state index < -0.39 is 0 Å². The van der Waals surface area contributed by atoms with Crippen molar-refractivity contribution in [2.24, 2.45) is 5.41 Å². The topological polar surface area (TPSA) is 20.3 Å². The van der Waals surface area contributed by atoms with Crippen molar-refractivity contribution in [3.63, 3.8) is 0 Å². The number of carbonyl (C=O) groups excluding carboxylic acids is 1. The van der Waals surface area contributed by atoms with Crippen molar-refractivity contribution in [1.29, 1.82) is 0 Å². The average molecular weight is 237 g/mol. The van der Waals surface area contributed by atoms with Gasteiger partial charge in [-0.2, -0.15) is 0 Å². The van der Waals surface area contributed by atoms with E-state index in [1.54, 1.807) is 6.92 Å². The van der Waals surface area contributed by atoms with Crippen molar-refractivity contribution in [2.75, 3.05) is 19.6 Å². The Kier molecular flexibility index (Phi) is 4.61. The van der Waals surface area contributed by atoms with Gasteiger partial charge in [0.2, 0.25) is 0 Å². The van der Waals surface area contributed by atoms with E-state index in [-0.39, 0.29) is 0 Å². The van der Waals surface area contributed by atoms with Crippen LogP contribution in [0.4, 0.5) is 0 Å². The zero-order valence-corrected chi connectivity index (χ0v) is 11.3. The molecule has 1 saturated heterocycles. The summed E-state index contributed by atoms with van der Waals surface area (Å²) in [6, 6.07) is 0. The van der Waals surface area contributed by atoms with Crippen molar-refractivity contribution in [3.8, 4) is 0 Å². The summed E-state index contributed by atoms with van der Waals surface area (Å²) < 4.78 is 0. The number of nitrogens with zero attached hydrogens (tertiary/aromatic N) is 1. The molecule has 0 amide bonds. The van der Waals surface area contributed by atoms with Gasteiger partial charge in [-0.05, 0) is 64.1 Å². The van der Waals surface area contributed by atoms with Crippen LogP contribution in [-0.4, -0.2) is 30.3 Å². The Labute approximate surface area is 106 Å². The predicted octanol–water partition coefficient (Wildman–Crippen LogP) is 3.40. The number of hydrogen-bond donors (Lipinski definition) is 0. The number of carbonyl (C=O) groups is 1. The fourth-order valence-electron chi connectivity index (χ4n) is 3.60. The van der Waals surface area contributed by atoms with Crippen molar-refractivity contribution in [1.82, 2.24) is 4.90 Å². The second-order valence-corrected chi connectivity index (χ2v) is 6.21. The van der Waals surface area contributed by atoms with E-state index in [0.717, 1.165) is 24.8 Å². The van der Waals surface area contributed by atoms with E-state index in [1.165, 1.54) is 58.0 Å². The molecule has 2 nitrogen and oxygen atoms in total. The maximum atomic E-state index is 10.9. The van der Waals surface area contributed by atoms with Crippen LogP contribution in [0, 0.1) is 5.41 Å². The number of hydrogen-bond acceptors (Lipinski definition) is 2. The van der Waals surface area contributed by atoms with Crippen LogP contribution in [0.5, 0.6) is 0 Å². The Morgan fingerprint density at radius 1 is 1.06 bits per heavy atom. The molecule has 1 saturated carbocycles. The third-order valence-electron chi connectivity index (χ3n) is 4.83. The molecule has 2 rings (SSSR count). The van der Waals surface area contributed by atoms with Crippen LogP contribution in [0.1, 0.15) is 64.7 Å². The van der Waals surface area contributed by atoms with Gasteiger partial charge in [0.25, 0.3) is 0 Å². The molecule has 17 heavy (non-hydrogen) atoms. The van der Waals surface area contributed by atoms with Crippen LogP contribution in [0.15, 0.2) is 0 Å². The summed E-state index contributed by atoms with van der Waals surface area (Å²) in [4.78, 5) is 13.5. The number of likely N-dealkylation sites (tertiary alicyclic amines) is 1. The highest BCUT2D eigenvalue weighted by molar-refractivity contribution is 5.75. The molecule has 0 aromatic rings. The number of rotatable bonds is 4. The molecule has 0 aromatic carbocycles. The number of ketones is 1. The largest absolute Gasteiger partial charge is 0.303 e. The van der Waals surface area contributed by atoms with Crippen molar-refractivity contribution >= 4 is 5.78 Å². The summed E-state index contributed by atoms with van der Waals surface area (Å²) in [7, 11) is 0. The molecule has 0 N–H and O–H groups in total. The van der Waals surface area contributed by atoms with Crippen molar-refractivity contribution in [3.05, 3.63) is 0 Å². The smallest absolute Gasteiger partial charge is 0.129 e. The summed E-state index contributed by atoms with van der Waals surface area (Å²) >= 11 is 0. The summed E-state index contributed by atoms with van der Waals surface area (Å²) in [5.41, 5.74) is 0.718. The van der Waals surface area contributed by atoms with E-state index in [4.69, 9.17) is 0 Å². The Bertz CT molecular complexity index is 246. The minimum Gasteiger partial charge on any atom is -0.303 e. The Hall–Kier alpha value is -0.370. The lowest BCUT2D eigenvalue weighted by Crippen LogP contribution is -2.41. The normalized spacial score (nSPS) is 25.0. The zero-order chi connectivity index (χ0) is 12.1. The molecule has 1 aliphatic heterocycles. The first-order valence-corrected chi connectivity index (χ1v) is 7.42. The van der Waals surface area contributed by atoms with E-state index in [0.29, 0.717) is 5.78 Å². The van der Waals surface area contributed by atoms with Gasteiger partial charge in [-0.25, -0.2) is 0 Å². The zero-order valence-electron chi connectivity index (χ0n) is 11.3. The van der Waals surface area contributed by atoms with E-state index >= 15 is 0 Å². The SMILES string of the molecule is CC(=O)CCCN1CCC2(CCCCC2)CC1. The summed E-state index contributed by atoms with van der Waals surface area (Å²) in [5, 5.41) is 0. The minimum atomic E-state index is 0.339. The van der Waals surface area contributed by atoms with Gasteiger partial charge in [-0.3, -0.25) is 0 Å². The van der Waals surface area contributed by atoms with Gasteiger partial charge in [0.15, 0.2) is 0 Å². The Morgan fingerprint density at radius 2 is 1.71 bits per heavy atom. The van der Waals surface area contributed by atoms with Gasteiger partial charge in [0.1, 0.15) is 5.78 Å². The lowest BCUT2D eigenvalue weighted by atomic mass is 9.68. The first-order chi connectivity index (χ1) is 8.20. The third kappa shape index (κ3) is 3.80. The highest BCUT2D eigenvalue weighted by Gasteiger charge is 2.35. The Morgan fingerprint density at radius 3 is 2.29 bits per heavy atom. The predicted molar refractivity (Wildman–Crippen MR) is 71.1 cm³/mol. The van der Waals surface area contributed by atoms with Crippen molar-refractivity contribution < 1.29 is 4.79 Å². The van der Waals surface area contributed by atoms with E-state index in [2.05, 4.69) is 4.90 Å². The van der Waals surface area contributed by atoms with E-state index in [9.17, 15) is 4.79 Å². The van der Waals surface area contributed by atoms with Crippen LogP contribution >= 0.6 is 0 Å². The van der Waals surface area contributed by atoms with Gasteiger partial charge in [0, 0.05) is 6.42 Å². The van der Waals surface area contributed by atoms with Gasteiger partial charge in [-0.15, -0.1) is 0 Å². The fraction of sp³-hybridized carbons (Fsp3) is 0.933. The second kappa shape index (κ2) is 5.99. The van der Waals surface area contributed by atoms with Crippen LogP contribution < -0.4 is 0 Å². The maximum absolute atomic E-state index is 10.9. The van der Waals surface area contributed by atoms with Crippen LogP contribution in [0.2, 0.25) is 0 Å². The molecule has 2 fully saturated rings. The van der Waals surface area contributed by atoms with Gasteiger partial charge in [0.05, 0.1) is 0 Å². The van der Waals surface area contributed by atoms with Crippen LogP contribution in [-0.2, 0) is 4.79 Å². The molecule has 98 valence electrons. The molecule has 0 unspecified atom stereocenters. The number of piperidine rings is 1. The average Bonchev–Trinajstić information content (AvgIpc) is 2.33. The molecule has 1 spiro atoms. The first kappa shape index (κ1) is 13.1. The molecule has 0 aromatic heterocycles. The Balaban J connectivity index is 1.68. The van der Waals surface area contributed by atoms with Crippen LogP contribution in [0.3, 0.4) is 0 Å². The van der Waals surface area contributed by atoms with E-state index in [1.807, 2.05) is 0 Å². The highest BCUT2D eigenvalue weighted by atomic mass is 16.1. The monoisotopic (exact) mass is 237 g/mol. The lowest BCUT2D eigenvalue weighted by molar-refractivity contribution is -0.117. The maximum Gasteiger partial charge on any atom is 0.129 e. The van der Waals surface area contributed by atoms with Crippen molar-refractivity contribution in [2.45, 2.75) is 64.7 Å². The fourth-order valence-corrected chi connectivity index (χ4v) is 3.60. The molecule has 0 bridgehead atoms. The molecular weight excluding hydrogens is 210 g/mol. The standard InChI is InChI=1S/C15H27NO/c1-14(17)6-5-11-16-12-9-15(10-13-16)7-3-2-4-8-15/h2-13H2,1H3. The summed E-state index contributed by atoms with van der Waals surface area (Å²) in [6.07, 6.45) is 12.0. The van der Waals surface area contributed by atoms with Gasteiger partial charge in [-0.1, -0.05) is 19.3 Å². The molecule has 0 radical (unpaired) electrons. The molecule has 1 heterocycles. The summed E-state index contributed by atoms with van der Waals surface area (Å²) in [5.74, 6) is 0.339. The second-order valence-electron chi connectivity index (χ2n) is 6.21.